The Morgan fingerprint density at radius 1 is 0.964 bits per heavy atom. The van der Waals surface area contributed by atoms with Crippen LogP contribution in [0.4, 0.5) is 13.2 Å². The topological polar surface area (TPSA) is 82.0 Å². The van der Waals surface area contributed by atoms with E-state index >= 15 is 0 Å². The number of aromatic amines is 1. The normalized spacial score (nSPS) is 11.9. The molecule has 0 saturated carbocycles. The molecule has 0 aliphatic heterocycles. The van der Waals surface area contributed by atoms with Gasteiger partial charge in [-0.3, -0.25) is 5.10 Å². The quantitative estimate of drug-likeness (QED) is 0.452. The van der Waals surface area contributed by atoms with E-state index in [0.29, 0.717) is 11.1 Å². The fraction of sp³-hybridized carbons (Fsp3) is 0.100. The number of alkyl halides is 3. The van der Waals surface area contributed by atoms with Crippen LogP contribution >= 0.6 is 0 Å². The molecule has 0 fully saturated rings. The molecule has 4 aromatic rings. The number of para-hydroxylation sites is 1. The number of nitrogens with zero attached hydrogens (tertiary/aromatic N) is 2. The summed E-state index contributed by atoms with van der Waals surface area (Å²) >= 11 is 0. The van der Waals surface area contributed by atoms with Gasteiger partial charge in [-0.15, -0.1) is 0 Å². The van der Waals surface area contributed by atoms with Crippen molar-refractivity contribution in [3.63, 3.8) is 0 Å². The average molecular weight is 385 g/mol. The van der Waals surface area contributed by atoms with Crippen LogP contribution in [-0.2, 0) is 6.18 Å². The Bertz CT molecular complexity index is 1180. The first kappa shape index (κ1) is 17.8. The van der Waals surface area contributed by atoms with E-state index in [9.17, 15) is 23.4 Å². The number of halogens is 3. The smallest absolute Gasteiger partial charge is 0.433 e. The number of aromatic hydroxyl groups is 2. The van der Waals surface area contributed by atoms with Gasteiger partial charge in [-0.1, -0.05) is 24.3 Å². The highest BCUT2D eigenvalue weighted by Gasteiger charge is 2.39. The third-order valence-corrected chi connectivity index (χ3v) is 4.44. The molecule has 0 saturated heterocycles. The standard InChI is InChI=1S/C20H14F3N3O2/c1-10-8-12(27)9-15(28)16(10)18-17(19(26-25-18)20(21,22)23)14-7-6-11-4-2-3-5-13(11)24-14/h2-9,27-28H,1H3,(H,25,26). The maximum Gasteiger partial charge on any atom is 0.433 e. The first-order valence-corrected chi connectivity index (χ1v) is 8.30. The lowest BCUT2D eigenvalue weighted by molar-refractivity contribution is -0.140. The fourth-order valence-corrected chi connectivity index (χ4v) is 3.24. The second-order valence-electron chi connectivity index (χ2n) is 6.37. The lowest BCUT2D eigenvalue weighted by Gasteiger charge is -2.12. The fourth-order valence-electron chi connectivity index (χ4n) is 3.24. The minimum absolute atomic E-state index is 0.0710. The monoisotopic (exact) mass is 385 g/mol. The molecule has 142 valence electrons. The predicted molar refractivity (Wildman–Crippen MR) is 97.8 cm³/mol. The van der Waals surface area contributed by atoms with Crippen LogP contribution in [0.2, 0.25) is 0 Å². The number of benzene rings is 2. The Morgan fingerprint density at radius 2 is 1.71 bits per heavy atom. The number of hydrogen-bond donors (Lipinski definition) is 3. The summed E-state index contributed by atoms with van der Waals surface area (Å²) in [7, 11) is 0. The molecule has 8 heteroatoms. The summed E-state index contributed by atoms with van der Waals surface area (Å²) < 4.78 is 40.9. The van der Waals surface area contributed by atoms with Crippen LogP contribution in [0.25, 0.3) is 33.4 Å². The average Bonchev–Trinajstić information content (AvgIpc) is 3.05. The van der Waals surface area contributed by atoms with E-state index in [1.165, 1.54) is 12.1 Å². The number of hydrogen-bond acceptors (Lipinski definition) is 4. The Hall–Kier alpha value is -3.55. The van der Waals surface area contributed by atoms with Gasteiger partial charge in [-0.05, 0) is 30.7 Å². The molecule has 0 radical (unpaired) electrons. The number of phenols is 2. The number of H-pyrrole nitrogens is 1. The van der Waals surface area contributed by atoms with Crippen LogP contribution in [0, 0.1) is 6.92 Å². The molecule has 0 atom stereocenters. The van der Waals surface area contributed by atoms with Gasteiger partial charge in [0.25, 0.3) is 0 Å². The lowest BCUT2D eigenvalue weighted by atomic mass is 9.97. The molecule has 0 unspecified atom stereocenters. The van der Waals surface area contributed by atoms with Gasteiger partial charge >= 0.3 is 6.18 Å². The lowest BCUT2D eigenvalue weighted by Crippen LogP contribution is -2.08. The summed E-state index contributed by atoms with van der Waals surface area (Å²) in [6.07, 6.45) is -4.70. The number of aromatic nitrogens is 3. The van der Waals surface area contributed by atoms with Crippen molar-refractivity contribution in [2.24, 2.45) is 0 Å². The molecule has 4 rings (SSSR count). The van der Waals surface area contributed by atoms with Crippen LogP contribution in [0.5, 0.6) is 11.5 Å². The summed E-state index contributed by atoms with van der Waals surface area (Å²) in [5.74, 6) is -0.574. The van der Waals surface area contributed by atoms with Gasteiger partial charge in [0.05, 0.1) is 16.8 Å². The third-order valence-electron chi connectivity index (χ3n) is 4.44. The SMILES string of the molecule is Cc1cc(O)cc(O)c1-c1n[nH]c(C(F)(F)F)c1-c1ccc2ccccc2n1. The van der Waals surface area contributed by atoms with Crippen LogP contribution in [0.1, 0.15) is 11.3 Å². The van der Waals surface area contributed by atoms with Crippen molar-refractivity contribution >= 4 is 10.9 Å². The first-order valence-electron chi connectivity index (χ1n) is 8.30. The van der Waals surface area contributed by atoms with Crippen molar-refractivity contribution in [2.45, 2.75) is 13.1 Å². The predicted octanol–water partition coefficient (Wildman–Crippen LogP) is 5.03. The summed E-state index contributed by atoms with van der Waals surface area (Å²) in [4.78, 5) is 4.36. The zero-order chi connectivity index (χ0) is 20.1. The zero-order valence-electron chi connectivity index (χ0n) is 14.5. The highest BCUT2D eigenvalue weighted by atomic mass is 19.4. The highest BCUT2D eigenvalue weighted by Crippen LogP contribution is 2.44. The summed E-state index contributed by atoms with van der Waals surface area (Å²) in [5, 5.41) is 26.5. The Morgan fingerprint density at radius 3 is 2.43 bits per heavy atom. The van der Waals surface area contributed by atoms with E-state index < -0.39 is 11.9 Å². The number of aryl methyl sites for hydroxylation is 1. The van der Waals surface area contributed by atoms with Gasteiger partial charge in [0.15, 0.2) is 0 Å². The van der Waals surface area contributed by atoms with Crippen LogP contribution < -0.4 is 0 Å². The number of fused-ring (bicyclic) bond motifs is 1. The van der Waals surface area contributed by atoms with Crippen molar-refractivity contribution in [1.82, 2.24) is 15.2 Å². The van der Waals surface area contributed by atoms with Crippen molar-refractivity contribution in [3.05, 3.63) is 59.8 Å². The van der Waals surface area contributed by atoms with E-state index in [1.54, 1.807) is 25.1 Å². The molecular formula is C20H14F3N3O2. The van der Waals surface area contributed by atoms with Gasteiger partial charge in [-0.25, -0.2) is 4.98 Å². The van der Waals surface area contributed by atoms with Crippen molar-refractivity contribution in [3.8, 4) is 34.0 Å². The van der Waals surface area contributed by atoms with Gasteiger partial charge in [0.2, 0.25) is 0 Å². The molecule has 0 amide bonds. The number of phenolic OH excluding ortho intramolecular Hbond substituents is 2. The Balaban J connectivity index is 2.03. The minimum atomic E-state index is -4.70. The largest absolute Gasteiger partial charge is 0.508 e. The van der Waals surface area contributed by atoms with Gasteiger partial charge < -0.3 is 10.2 Å². The molecule has 2 aromatic heterocycles. The molecular weight excluding hydrogens is 371 g/mol. The van der Waals surface area contributed by atoms with Crippen LogP contribution in [0.3, 0.4) is 0 Å². The molecule has 0 bridgehead atoms. The Kier molecular flexibility index (Phi) is 3.99. The van der Waals surface area contributed by atoms with E-state index in [4.69, 9.17) is 0 Å². The van der Waals surface area contributed by atoms with E-state index in [1.807, 2.05) is 17.2 Å². The van der Waals surface area contributed by atoms with Gasteiger partial charge in [0, 0.05) is 17.0 Å². The number of rotatable bonds is 2. The first-order chi connectivity index (χ1) is 13.3. The second kappa shape index (κ2) is 6.26. The number of nitrogens with one attached hydrogen (secondary N) is 1. The number of pyridine rings is 1. The molecule has 2 aromatic carbocycles. The van der Waals surface area contributed by atoms with Crippen molar-refractivity contribution < 1.29 is 23.4 Å². The highest BCUT2D eigenvalue weighted by molar-refractivity contribution is 5.89. The van der Waals surface area contributed by atoms with Gasteiger partial charge in [-0.2, -0.15) is 18.3 Å². The minimum Gasteiger partial charge on any atom is -0.508 e. The molecule has 0 aliphatic rings. The van der Waals surface area contributed by atoms with Crippen molar-refractivity contribution in [1.29, 1.82) is 0 Å². The van der Waals surface area contributed by atoms with E-state index in [-0.39, 0.29) is 34.0 Å². The summed E-state index contributed by atoms with van der Waals surface area (Å²) in [6.45, 7) is 1.56. The Labute approximate surface area is 157 Å². The zero-order valence-corrected chi connectivity index (χ0v) is 14.5. The molecule has 3 N–H and O–H groups in total. The van der Waals surface area contributed by atoms with E-state index in [2.05, 4.69) is 10.1 Å². The third kappa shape index (κ3) is 2.92. The maximum absolute atomic E-state index is 13.6. The van der Waals surface area contributed by atoms with Crippen molar-refractivity contribution in [2.75, 3.05) is 0 Å². The summed E-state index contributed by atoms with van der Waals surface area (Å²) in [5.41, 5.74) is -0.340. The second-order valence-corrected chi connectivity index (χ2v) is 6.37. The summed E-state index contributed by atoms with van der Waals surface area (Å²) in [6, 6.07) is 12.6. The van der Waals surface area contributed by atoms with E-state index in [0.717, 1.165) is 11.5 Å². The maximum atomic E-state index is 13.6. The van der Waals surface area contributed by atoms with Gasteiger partial charge in [0.1, 0.15) is 22.9 Å². The molecule has 0 spiro atoms. The molecule has 28 heavy (non-hydrogen) atoms. The molecule has 2 heterocycles. The van der Waals surface area contributed by atoms with Crippen LogP contribution in [0.15, 0.2) is 48.5 Å². The molecule has 0 aliphatic carbocycles. The van der Waals surface area contributed by atoms with Crippen LogP contribution in [-0.4, -0.2) is 25.4 Å². The molecule has 5 nitrogen and oxygen atoms in total.